The number of halogens is 1. The number of carboxylic acid groups (broad SMARTS) is 1. The zero-order valence-corrected chi connectivity index (χ0v) is 15.7. The predicted molar refractivity (Wildman–Crippen MR) is 103 cm³/mol. The summed E-state index contributed by atoms with van der Waals surface area (Å²) in [6.45, 7) is 2.89. The average molecular weight is 409 g/mol. The number of para-hydroxylation sites is 1. The molecule has 27 heavy (non-hydrogen) atoms. The van der Waals surface area contributed by atoms with E-state index >= 15 is 0 Å². The molecule has 7 nitrogen and oxygen atoms in total. The van der Waals surface area contributed by atoms with Gasteiger partial charge >= 0.3 is 5.97 Å². The number of sulfonamides is 1. The first kappa shape index (κ1) is 20.5. The average Bonchev–Trinajstić information content (AvgIpc) is 2.64. The lowest BCUT2D eigenvalue weighted by Crippen LogP contribution is -2.35. The lowest BCUT2D eigenvalue weighted by atomic mass is 10.1. The van der Waals surface area contributed by atoms with Crippen molar-refractivity contribution < 1.29 is 23.1 Å². The third-order valence-corrected chi connectivity index (χ3v) is 5.51. The van der Waals surface area contributed by atoms with Crippen LogP contribution in [0.25, 0.3) is 0 Å². The molecule has 2 N–H and O–H groups in total. The van der Waals surface area contributed by atoms with Crippen molar-refractivity contribution in [1.29, 1.82) is 0 Å². The molecule has 2 aromatic rings. The van der Waals surface area contributed by atoms with Crippen molar-refractivity contribution >= 4 is 39.2 Å². The fourth-order valence-corrected chi connectivity index (χ4v) is 4.09. The van der Waals surface area contributed by atoms with Crippen molar-refractivity contribution in [2.75, 3.05) is 17.4 Å². The molecule has 0 saturated carbocycles. The number of nitrogens with zero attached hydrogens (tertiary/aromatic N) is 1. The number of rotatable bonds is 8. The van der Waals surface area contributed by atoms with E-state index in [9.17, 15) is 18.0 Å². The van der Waals surface area contributed by atoms with E-state index in [0.717, 1.165) is 4.31 Å². The Labute approximate surface area is 161 Å². The number of carbonyl (C=O) groups excluding carboxylic acids is 1. The van der Waals surface area contributed by atoms with E-state index in [1.165, 1.54) is 36.4 Å². The SMILES string of the molecule is C=CCN(c1ccccc1C(=O)NCC(=O)O)S(=O)(=O)c1cccc(Cl)c1. The van der Waals surface area contributed by atoms with Crippen LogP contribution in [0.4, 0.5) is 5.69 Å². The fourth-order valence-electron chi connectivity index (χ4n) is 2.33. The first-order valence-corrected chi connectivity index (χ1v) is 9.57. The Bertz CT molecular complexity index is 975. The zero-order chi connectivity index (χ0) is 20.0. The van der Waals surface area contributed by atoms with Crippen LogP contribution in [0.3, 0.4) is 0 Å². The van der Waals surface area contributed by atoms with Gasteiger partial charge in [-0.05, 0) is 30.3 Å². The number of carbonyl (C=O) groups is 2. The Kier molecular flexibility index (Phi) is 6.59. The molecule has 0 aliphatic rings. The van der Waals surface area contributed by atoms with Crippen LogP contribution >= 0.6 is 11.6 Å². The Hall–Kier alpha value is -2.84. The molecule has 142 valence electrons. The summed E-state index contributed by atoms with van der Waals surface area (Å²) in [4.78, 5) is 23.0. The number of hydrogen-bond donors (Lipinski definition) is 2. The summed E-state index contributed by atoms with van der Waals surface area (Å²) >= 11 is 5.91. The molecule has 0 unspecified atom stereocenters. The first-order chi connectivity index (χ1) is 12.8. The summed E-state index contributed by atoms with van der Waals surface area (Å²) < 4.78 is 27.2. The largest absolute Gasteiger partial charge is 0.480 e. The highest BCUT2D eigenvalue weighted by Crippen LogP contribution is 2.28. The molecule has 0 aromatic heterocycles. The Morgan fingerprint density at radius 3 is 2.52 bits per heavy atom. The molecule has 0 fully saturated rings. The molecule has 0 spiro atoms. The summed E-state index contributed by atoms with van der Waals surface area (Å²) in [6, 6.07) is 11.8. The van der Waals surface area contributed by atoms with Crippen LogP contribution in [0.1, 0.15) is 10.4 Å². The molecule has 0 aliphatic heterocycles. The summed E-state index contributed by atoms with van der Waals surface area (Å²) in [6.07, 6.45) is 1.38. The van der Waals surface area contributed by atoms with Gasteiger partial charge in [-0.3, -0.25) is 13.9 Å². The van der Waals surface area contributed by atoms with E-state index in [1.807, 2.05) is 0 Å². The van der Waals surface area contributed by atoms with E-state index in [-0.39, 0.29) is 27.7 Å². The van der Waals surface area contributed by atoms with Gasteiger partial charge < -0.3 is 10.4 Å². The number of benzene rings is 2. The monoisotopic (exact) mass is 408 g/mol. The molecule has 0 aliphatic carbocycles. The normalized spacial score (nSPS) is 10.9. The summed E-state index contributed by atoms with van der Waals surface area (Å²) in [5.41, 5.74) is 0.117. The highest BCUT2D eigenvalue weighted by molar-refractivity contribution is 7.92. The van der Waals surface area contributed by atoms with E-state index in [4.69, 9.17) is 16.7 Å². The summed E-state index contributed by atoms with van der Waals surface area (Å²) in [5.74, 6) is -1.92. The van der Waals surface area contributed by atoms with Crippen LogP contribution in [0.5, 0.6) is 0 Å². The van der Waals surface area contributed by atoms with Crippen molar-refractivity contribution in [2.24, 2.45) is 0 Å². The van der Waals surface area contributed by atoms with Gasteiger partial charge in [0.2, 0.25) is 0 Å². The number of nitrogens with one attached hydrogen (secondary N) is 1. The minimum absolute atomic E-state index is 0.0196. The van der Waals surface area contributed by atoms with Crippen molar-refractivity contribution in [3.63, 3.8) is 0 Å². The lowest BCUT2D eigenvalue weighted by molar-refractivity contribution is -0.135. The molecule has 2 aromatic carbocycles. The number of hydrogen-bond acceptors (Lipinski definition) is 4. The van der Waals surface area contributed by atoms with Crippen LogP contribution < -0.4 is 9.62 Å². The van der Waals surface area contributed by atoms with Crippen molar-refractivity contribution in [3.8, 4) is 0 Å². The fraction of sp³-hybridized carbons (Fsp3) is 0.111. The molecule has 0 heterocycles. The summed E-state index contributed by atoms with van der Waals surface area (Å²) in [7, 11) is -4.04. The molecule has 0 saturated heterocycles. The van der Waals surface area contributed by atoms with Gasteiger partial charge in [0, 0.05) is 5.02 Å². The van der Waals surface area contributed by atoms with Crippen LogP contribution in [0, 0.1) is 0 Å². The maximum Gasteiger partial charge on any atom is 0.322 e. The van der Waals surface area contributed by atoms with Gasteiger partial charge in [-0.15, -0.1) is 6.58 Å². The third-order valence-electron chi connectivity index (χ3n) is 3.50. The second kappa shape index (κ2) is 8.70. The van der Waals surface area contributed by atoms with Gasteiger partial charge in [-0.1, -0.05) is 35.9 Å². The van der Waals surface area contributed by atoms with Gasteiger partial charge in [0.25, 0.3) is 15.9 Å². The smallest absolute Gasteiger partial charge is 0.322 e. The number of amides is 1. The van der Waals surface area contributed by atoms with Gasteiger partial charge in [0.05, 0.1) is 22.7 Å². The van der Waals surface area contributed by atoms with Crippen LogP contribution in [0.2, 0.25) is 5.02 Å². The first-order valence-electron chi connectivity index (χ1n) is 7.75. The number of carboxylic acids is 1. The minimum atomic E-state index is -4.04. The van der Waals surface area contributed by atoms with Gasteiger partial charge in [-0.25, -0.2) is 8.42 Å². The molecular formula is C18H17ClN2O5S. The molecule has 0 bridgehead atoms. The lowest BCUT2D eigenvalue weighted by Gasteiger charge is -2.25. The van der Waals surface area contributed by atoms with Crippen molar-refractivity contribution in [2.45, 2.75) is 4.90 Å². The van der Waals surface area contributed by atoms with Crippen LogP contribution in [0.15, 0.2) is 66.1 Å². The molecule has 1 amide bonds. The van der Waals surface area contributed by atoms with E-state index in [2.05, 4.69) is 11.9 Å². The maximum atomic E-state index is 13.1. The molecule has 0 radical (unpaired) electrons. The zero-order valence-electron chi connectivity index (χ0n) is 14.1. The number of aliphatic carboxylic acids is 1. The molecular weight excluding hydrogens is 392 g/mol. The third kappa shape index (κ3) is 4.87. The highest BCUT2D eigenvalue weighted by atomic mass is 35.5. The minimum Gasteiger partial charge on any atom is -0.480 e. The molecule has 2 rings (SSSR count). The second-order valence-electron chi connectivity index (χ2n) is 5.38. The van der Waals surface area contributed by atoms with Gasteiger partial charge in [-0.2, -0.15) is 0 Å². The molecule has 9 heteroatoms. The van der Waals surface area contributed by atoms with E-state index < -0.39 is 28.4 Å². The predicted octanol–water partition coefficient (Wildman–Crippen LogP) is 2.54. The maximum absolute atomic E-state index is 13.1. The van der Waals surface area contributed by atoms with Gasteiger partial charge in [0.1, 0.15) is 6.54 Å². The Balaban J connectivity index is 2.53. The molecule has 0 atom stereocenters. The van der Waals surface area contributed by atoms with Gasteiger partial charge in [0.15, 0.2) is 0 Å². The number of anilines is 1. The highest BCUT2D eigenvalue weighted by Gasteiger charge is 2.27. The Morgan fingerprint density at radius 2 is 1.89 bits per heavy atom. The Morgan fingerprint density at radius 1 is 1.19 bits per heavy atom. The quantitative estimate of drug-likeness (QED) is 0.653. The van der Waals surface area contributed by atoms with Crippen molar-refractivity contribution in [1.82, 2.24) is 5.32 Å². The topological polar surface area (TPSA) is 104 Å². The van der Waals surface area contributed by atoms with Crippen LogP contribution in [-0.2, 0) is 14.8 Å². The summed E-state index contributed by atoms with van der Waals surface area (Å²) in [5, 5.41) is 11.2. The van der Waals surface area contributed by atoms with E-state index in [1.54, 1.807) is 18.2 Å². The van der Waals surface area contributed by atoms with E-state index in [0.29, 0.717) is 0 Å². The standard InChI is InChI=1S/C18H17ClN2O5S/c1-2-10-21(27(25,26)14-7-5-6-13(19)11-14)16-9-4-3-8-15(16)18(24)20-12-17(22)23/h2-9,11H,1,10,12H2,(H,20,24)(H,22,23). The second-order valence-corrected chi connectivity index (χ2v) is 7.67. The van der Waals surface area contributed by atoms with Crippen molar-refractivity contribution in [3.05, 3.63) is 71.8 Å². The van der Waals surface area contributed by atoms with Crippen LogP contribution in [-0.4, -0.2) is 38.5 Å².